The van der Waals surface area contributed by atoms with Gasteiger partial charge in [0.1, 0.15) is 5.58 Å². The van der Waals surface area contributed by atoms with Gasteiger partial charge in [-0.05, 0) is 37.6 Å². The number of furan rings is 1. The average Bonchev–Trinajstić information content (AvgIpc) is 2.58. The zero-order valence-electron chi connectivity index (χ0n) is 9.55. The molecule has 0 saturated heterocycles. The predicted octanol–water partition coefficient (Wildman–Crippen LogP) is 3.16. The molecule has 2 nitrogen and oxygen atoms in total. The van der Waals surface area contributed by atoms with Crippen molar-refractivity contribution in [3.63, 3.8) is 0 Å². The van der Waals surface area contributed by atoms with Gasteiger partial charge in [-0.2, -0.15) is 0 Å². The molecule has 0 amide bonds. The van der Waals surface area contributed by atoms with Gasteiger partial charge >= 0.3 is 0 Å². The lowest BCUT2D eigenvalue weighted by atomic mass is 10.0. The van der Waals surface area contributed by atoms with Crippen LogP contribution in [0.5, 0.6) is 0 Å². The summed E-state index contributed by atoms with van der Waals surface area (Å²) >= 11 is 0. The van der Waals surface area contributed by atoms with Crippen LogP contribution in [0.2, 0.25) is 0 Å². The summed E-state index contributed by atoms with van der Waals surface area (Å²) in [5.74, 6) is 0. The van der Waals surface area contributed by atoms with Crippen molar-refractivity contribution in [2.75, 3.05) is 6.54 Å². The van der Waals surface area contributed by atoms with Gasteiger partial charge in [-0.15, -0.1) is 0 Å². The molecule has 2 aromatic rings. The maximum atomic E-state index is 5.57. The van der Waals surface area contributed by atoms with Gasteiger partial charge < -0.3 is 9.73 Å². The van der Waals surface area contributed by atoms with Gasteiger partial charge in [0.25, 0.3) is 0 Å². The number of hydrogen-bond acceptors (Lipinski definition) is 2. The van der Waals surface area contributed by atoms with Gasteiger partial charge in [-0.3, -0.25) is 0 Å². The Labute approximate surface area is 90.3 Å². The van der Waals surface area contributed by atoms with Crippen molar-refractivity contribution in [1.82, 2.24) is 5.32 Å². The van der Waals surface area contributed by atoms with Crippen molar-refractivity contribution < 1.29 is 4.42 Å². The highest BCUT2D eigenvalue weighted by Crippen LogP contribution is 2.25. The molecule has 0 radical (unpaired) electrons. The van der Waals surface area contributed by atoms with Crippen LogP contribution in [0, 0.1) is 13.8 Å². The summed E-state index contributed by atoms with van der Waals surface area (Å²) in [6, 6.07) is 4.30. The van der Waals surface area contributed by atoms with Crippen molar-refractivity contribution >= 4 is 11.0 Å². The summed E-state index contributed by atoms with van der Waals surface area (Å²) < 4.78 is 5.57. The average molecular weight is 203 g/mol. The Hall–Kier alpha value is -1.28. The summed E-state index contributed by atoms with van der Waals surface area (Å²) in [5.41, 5.74) is 4.81. The number of aryl methyl sites for hydroxylation is 2. The van der Waals surface area contributed by atoms with Crippen LogP contribution in [-0.2, 0) is 6.54 Å². The smallest absolute Gasteiger partial charge is 0.134 e. The summed E-state index contributed by atoms with van der Waals surface area (Å²) in [7, 11) is 0. The van der Waals surface area contributed by atoms with Gasteiger partial charge in [0.05, 0.1) is 6.26 Å². The van der Waals surface area contributed by atoms with E-state index in [1.807, 2.05) is 6.26 Å². The van der Waals surface area contributed by atoms with Crippen molar-refractivity contribution in [3.05, 3.63) is 35.1 Å². The lowest BCUT2D eigenvalue weighted by Crippen LogP contribution is -2.11. The van der Waals surface area contributed by atoms with E-state index in [1.54, 1.807) is 0 Å². The van der Waals surface area contributed by atoms with Crippen LogP contribution in [0.1, 0.15) is 23.6 Å². The Kier molecular flexibility index (Phi) is 2.78. The standard InChI is InChI=1S/C13H17NO/c1-4-14-7-11-8-15-12-6-9(2)5-10(3)13(11)12/h5-6,8,14H,4,7H2,1-3H3. The van der Waals surface area contributed by atoms with Crippen LogP contribution >= 0.6 is 0 Å². The molecular formula is C13H17NO. The normalized spacial score (nSPS) is 11.1. The molecule has 1 aromatic carbocycles. The van der Waals surface area contributed by atoms with Crippen LogP contribution in [0.25, 0.3) is 11.0 Å². The monoisotopic (exact) mass is 203 g/mol. The predicted molar refractivity (Wildman–Crippen MR) is 63.1 cm³/mol. The first-order valence-corrected chi connectivity index (χ1v) is 5.40. The molecule has 0 atom stereocenters. The highest BCUT2D eigenvalue weighted by molar-refractivity contribution is 5.85. The molecule has 1 aromatic heterocycles. The minimum Gasteiger partial charge on any atom is -0.464 e. The van der Waals surface area contributed by atoms with Gasteiger partial charge in [-0.25, -0.2) is 0 Å². The van der Waals surface area contributed by atoms with E-state index in [0.29, 0.717) is 0 Å². The van der Waals surface area contributed by atoms with Crippen molar-refractivity contribution in [2.45, 2.75) is 27.3 Å². The molecule has 0 fully saturated rings. The highest BCUT2D eigenvalue weighted by atomic mass is 16.3. The molecule has 0 bridgehead atoms. The Bertz CT molecular complexity index is 471. The molecule has 1 heterocycles. The van der Waals surface area contributed by atoms with Crippen LogP contribution in [0.15, 0.2) is 22.8 Å². The third kappa shape index (κ3) is 1.90. The summed E-state index contributed by atoms with van der Waals surface area (Å²) in [6.45, 7) is 8.21. The molecule has 15 heavy (non-hydrogen) atoms. The molecule has 0 aliphatic rings. The second-order valence-electron chi connectivity index (χ2n) is 4.00. The van der Waals surface area contributed by atoms with Gasteiger partial charge in [0, 0.05) is 17.5 Å². The third-order valence-electron chi connectivity index (χ3n) is 2.66. The van der Waals surface area contributed by atoms with E-state index in [0.717, 1.165) is 18.7 Å². The van der Waals surface area contributed by atoms with Crippen LogP contribution in [-0.4, -0.2) is 6.54 Å². The molecule has 1 N–H and O–H groups in total. The Morgan fingerprint density at radius 3 is 2.80 bits per heavy atom. The molecular weight excluding hydrogens is 186 g/mol. The highest BCUT2D eigenvalue weighted by Gasteiger charge is 2.08. The quantitative estimate of drug-likeness (QED) is 0.829. The Morgan fingerprint density at radius 1 is 1.27 bits per heavy atom. The van der Waals surface area contributed by atoms with Gasteiger partial charge in [0.15, 0.2) is 0 Å². The van der Waals surface area contributed by atoms with Crippen molar-refractivity contribution in [2.24, 2.45) is 0 Å². The van der Waals surface area contributed by atoms with E-state index in [9.17, 15) is 0 Å². The second-order valence-corrected chi connectivity index (χ2v) is 4.00. The van der Waals surface area contributed by atoms with E-state index in [2.05, 4.69) is 38.2 Å². The van der Waals surface area contributed by atoms with Crippen molar-refractivity contribution in [1.29, 1.82) is 0 Å². The van der Waals surface area contributed by atoms with Gasteiger partial charge in [-0.1, -0.05) is 13.0 Å². The third-order valence-corrected chi connectivity index (χ3v) is 2.66. The van der Waals surface area contributed by atoms with E-state index in [1.165, 1.54) is 22.1 Å². The number of benzene rings is 1. The van der Waals surface area contributed by atoms with E-state index in [-0.39, 0.29) is 0 Å². The first-order valence-electron chi connectivity index (χ1n) is 5.40. The van der Waals surface area contributed by atoms with Gasteiger partial charge in [0.2, 0.25) is 0 Å². The number of rotatable bonds is 3. The molecule has 2 rings (SSSR count). The lowest BCUT2D eigenvalue weighted by molar-refractivity contribution is 0.604. The minimum atomic E-state index is 0.882. The largest absolute Gasteiger partial charge is 0.464 e. The molecule has 0 aliphatic heterocycles. The van der Waals surface area contributed by atoms with Crippen LogP contribution in [0.3, 0.4) is 0 Å². The van der Waals surface area contributed by atoms with E-state index >= 15 is 0 Å². The van der Waals surface area contributed by atoms with Crippen LogP contribution < -0.4 is 5.32 Å². The maximum absolute atomic E-state index is 5.57. The maximum Gasteiger partial charge on any atom is 0.134 e. The first kappa shape index (κ1) is 10.2. The van der Waals surface area contributed by atoms with E-state index < -0.39 is 0 Å². The lowest BCUT2D eigenvalue weighted by Gasteiger charge is -2.02. The molecule has 0 saturated carbocycles. The molecule has 0 spiro atoms. The summed E-state index contributed by atoms with van der Waals surface area (Å²) in [4.78, 5) is 0. The van der Waals surface area contributed by atoms with Crippen molar-refractivity contribution in [3.8, 4) is 0 Å². The molecule has 0 aliphatic carbocycles. The zero-order chi connectivity index (χ0) is 10.8. The molecule has 80 valence electrons. The first-order chi connectivity index (χ1) is 7.22. The molecule has 0 unspecified atom stereocenters. The summed E-state index contributed by atoms with van der Waals surface area (Å²) in [6.07, 6.45) is 1.86. The fraction of sp³-hybridized carbons (Fsp3) is 0.385. The topological polar surface area (TPSA) is 25.2 Å². The molecule has 2 heteroatoms. The number of nitrogens with one attached hydrogen (secondary N) is 1. The Balaban J connectivity index is 2.49. The fourth-order valence-electron chi connectivity index (χ4n) is 2.02. The minimum absolute atomic E-state index is 0.882. The van der Waals surface area contributed by atoms with E-state index in [4.69, 9.17) is 4.42 Å². The number of hydrogen-bond donors (Lipinski definition) is 1. The number of fused-ring (bicyclic) bond motifs is 1. The Morgan fingerprint density at radius 2 is 2.07 bits per heavy atom. The SMILES string of the molecule is CCNCc1coc2cc(C)cc(C)c12. The zero-order valence-corrected chi connectivity index (χ0v) is 9.55. The summed E-state index contributed by atoms with van der Waals surface area (Å²) in [5, 5.41) is 4.59. The van der Waals surface area contributed by atoms with Crippen LogP contribution in [0.4, 0.5) is 0 Å². The fourth-order valence-corrected chi connectivity index (χ4v) is 2.02. The second kappa shape index (κ2) is 4.07.